The number of nitrogens with zero attached hydrogens (tertiary/aromatic N) is 2. The fourth-order valence-electron chi connectivity index (χ4n) is 10.9. The third-order valence-electron chi connectivity index (χ3n) is 13.1. The minimum absolute atomic E-state index is 0.107. The van der Waals surface area contributed by atoms with Gasteiger partial charge in [0.25, 0.3) is 6.71 Å². The molecule has 0 atom stereocenters. The summed E-state index contributed by atoms with van der Waals surface area (Å²) in [6.45, 7) is 2.05. The van der Waals surface area contributed by atoms with E-state index in [4.69, 9.17) is 0 Å². The molecular weight excluding hydrogens is 766 g/mol. The van der Waals surface area contributed by atoms with Crippen LogP contribution in [-0.4, -0.2) is 14.8 Å². The van der Waals surface area contributed by atoms with Gasteiger partial charge in [-0.15, -0.1) is 0 Å². The lowest BCUT2D eigenvalue weighted by atomic mass is 9.33. The molecule has 0 unspecified atom stereocenters. The molecule has 0 spiro atoms. The molecule has 2 nitrogen and oxygen atoms in total. The zero-order valence-electron chi connectivity index (χ0n) is 33.4. The number of aryl methyl sites for hydroxylation is 1. The number of halogens is 2. The SMILES string of the molecule is Cc1cc2c3c(c1)N(c1ccccc1-c1ccccc1F)c1cccc4c1B3c1c(cccc1[Si]4(c1ccccc1)c1ccccc1)N2c1ccccc1-c1ccccc1F. The molecule has 0 saturated carbocycles. The Bertz CT molecular complexity index is 3010. The minimum atomic E-state index is -3.07. The summed E-state index contributed by atoms with van der Waals surface area (Å²) in [5, 5.41) is 5.31. The molecule has 6 heteroatoms. The highest BCUT2D eigenvalue weighted by Gasteiger charge is 2.56. The standard InChI is InChI=1S/C55H37BF2N2Si/c1-36-34-49-53-50(35-36)60(46-29-15-11-25-42(46)40-23-9-13-27-44(40)58)48-31-17-33-52-55(48)56(53)54-47(59(49)45-28-14-10-24-41(45)39-22-8-12-26-43(39)57)30-16-32-51(54)61(52,37-18-4-2-5-19-37)38-20-6-3-7-21-38/h2-35H,1H3. The number of hydrogen-bond acceptors (Lipinski definition) is 2. The largest absolute Gasteiger partial charge is 0.311 e. The Morgan fingerprint density at radius 3 is 1.18 bits per heavy atom. The van der Waals surface area contributed by atoms with Gasteiger partial charge in [-0.2, -0.15) is 0 Å². The topological polar surface area (TPSA) is 6.48 Å². The van der Waals surface area contributed by atoms with Crippen LogP contribution in [0, 0.1) is 18.6 Å². The first-order chi connectivity index (χ1) is 30.1. The van der Waals surface area contributed by atoms with Crippen molar-refractivity contribution in [1.82, 2.24) is 0 Å². The van der Waals surface area contributed by atoms with Gasteiger partial charge in [0.15, 0.2) is 8.07 Å². The van der Waals surface area contributed by atoms with E-state index in [-0.39, 0.29) is 18.3 Å². The third kappa shape index (κ3) is 5.00. The van der Waals surface area contributed by atoms with Gasteiger partial charge < -0.3 is 9.80 Å². The van der Waals surface area contributed by atoms with E-state index >= 15 is 8.78 Å². The second-order valence-corrected chi connectivity index (χ2v) is 20.0. The molecule has 0 fully saturated rings. The van der Waals surface area contributed by atoms with Crippen LogP contribution in [0.25, 0.3) is 22.3 Å². The zero-order chi connectivity index (χ0) is 40.8. The maximum absolute atomic E-state index is 16.0. The molecule has 9 aromatic rings. The predicted molar refractivity (Wildman–Crippen MR) is 253 cm³/mol. The first-order valence-corrected chi connectivity index (χ1v) is 22.9. The highest BCUT2D eigenvalue weighted by molar-refractivity contribution is 7.27. The van der Waals surface area contributed by atoms with Crippen LogP contribution in [0.1, 0.15) is 5.56 Å². The Kier molecular flexibility index (Phi) is 7.97. The summed E-state index contributed by atoms with van der Waals surface area (Å²) in [6.07, 6.45) is 0. The van der Waals surface area contributed by atoms with E-state index in [1.165, 1.54) is 37.1 Å². The van der Waals surface area contributed by atoms with Crippen LogP contribution in [-0.2, 0) is 0 Å². The summed E-state index contributed by atoms with van der Waals surface area (Å²) in [7, 11) is -3.07. The first kappa shape index (κ1) is 35.6. The average Bonchev–Trinajstić information content (AvgIpc) is 3.30. The van der Waals surface area contributed by atoms with E-state index in [2.05, 4.69) is 150 Å². The third-order valence-corrected chi connectivity index (χ3v) is 18.0. The van der Waals surface area contributed by atoms with Crippen LogP contribution in [0.4, 0.5) is 42.9 Å². The monoisotopic (exact) mass is 802 g/mol. The second-order valence-electron chi connectivity index (χ2n) is 16.3. The smallest absolute Gasteiger partial charge is 0.251 e. The molecule has 0 radical (unpaired) electrons. The van der Waals surface area contributed by atoms with Gasteiger partial charge in [0.2, 0.25) is 0 Å². The van der Waals surface area contributed by atoms with Crippen molar-refractivity contribution in [3.05, 3.63) is 223 Å². The van der Waals surface area contributed by atoms with Crippen LogP contribution >= 0.6 is 0 Å². The average molecular weight is 803 g/mol. The maximum Gasteiger partial charge on any atom is 0.251 e. The Hall–Kier alpha value is -7.28. The highest BCUT2D eigenvalue weighted by Crippen LogP contribution is 2.49. The van der Waals surface area contributed by atoms with Crippen LogP contribution in [0.5, 0.6) is 0 Å². The molecule has 0 aliphatic carbocycles. The van der Waals surface area contributed by atoms with Crippen molar-refractivity contribution in [1.29, 1.82) is 0 Å². The van der Waals surface area contributed by atoms with Gasteiger partial charge in [-0.1, -0.05) is 158 Å². The van der Waals surface area contributed by atoms with Gasteiger partial charge >= 0.3 is 0 Å². The van der Waals surface area contributed by atoms with Crippen molar-refractivity contribution in [2.24, 2.45) is 0 Å². The lowest BCUT2D eigenvalue weighted by Crippen LogP contribution is -2.88. The Balaban J connectivity index is 1.27. The molecule has 0 amide bonds. The molecule has 0 saturated heterocycles. The van der Waals surface area contributed by atoms with Crippen molar-refractivity contribution < 1.29 is 8.78 Å². The van der Waals surface area contributed by atoms with Crippen molar-refractivity contribution >= 4 is 86.0 Å². The van der Waals surface area contributed by atoms with Crippen molar-refractivity contribution in [2.75, 3.05) is 9.80 Å². The molecule has 0 aromatic heterocycles. The van der Waals surface area contributed by atoms with Crippen LogP contribution < -0.4 is 46.9 Å². The summed E-state index contributed by atoms with van der Waals surface area (Å²) in [6, 6.07) is 71.2. The van der Waals surface area contributed by atoms with Crippen LogP contribution in [0.3, 0.4) is 0 Å². The van der Waals surface area contributed by atoms with Crippen molar-refractivity contribution in [3.63, 3.8) is 0 Å². The minimum Gasteiger partial charge on any atom is -0.311 e. The number of para-hydroxylation sites is 2. The van der Waals surface area contributed by atoms with E-state index in [0.29, 0.717) is 11.1 Å². The van der Waals surface area contributed by atoms with Crippen molar-refractivity contribution in [3.8, 4) is 22.3 Å². The van der Waals surface area contributed by atoms with Gasteiger partial charge in [0, 0.05) is 45.0 Å². The number of benzene rings is 9. The lowest BCUT2D eigenvalue weighted by molar-refractivity contribution is 0.631. The quantitative estimate of drug-likeness (QED) is 0.155. The summed E-state index contributed by atoms with van der Waals surface area (Å²) < 4.78 is 32.0. The molecule has 9 aromatic carbocycles. The van der Waals surface area contributed by atoms with Gasteiger partial charge in [0.05, 0.1) is 11.4 Å². The fourth-order valence-corrected chi connectivity index (χ4v) is 16.2. The summed E-state index contributed by atoms with van der Waals surface area (Å²) in [5.74, 6) is -0.527. The highest BCUT2D eigenvalue weighted by atomic mass is 28.3. The Morgan fingerprint density at radius 2 is 0.738 bits per heavy atom. The van der Waals surface area contributed by atoms with Gasteiger partial charge in [-0.3, -0.25) is 0 Å². The molecule has 0 bridgehead atoms. The summed E-state index contributed by atoms with van der Waals surface area (Å²) in [5.41, 5.74) is 13.7. The van der Waals surface area contributed by atoms with Crippen LogP contribution in [0.15, 0.2) is 206 Å². The fraction of sp³-hybridized carbons (Fsp3) is 0.0182. The normalized spacial score (nSPS) is 13.9. The van der Waals surface area contributed by atoms with Crippen molar-refractivity contribution in [2.45, 2.75) is 6.92 Å². The molecule has 288 valence electrons. The number of hydrogen-bond donors (Lipinski definition) is 0. The summed E-state index contributed by atoms with van der Waals surface area (Å²) in [4.78, 5) is 4.80. The van der Waals surface area contributed by atoms with E-state index < -0.39 is 8.07 Å². The lowest BCUT2D eigenvalue weighted by Gasteiger charge is -2.51. The van der Waals surface area contributed by atoms with E-state index in [1.54, 1.807) is 24.3 Å². The number of rotatable bonds is 6. The summed E-state index contributed by atoms with van der Waals surface area (Å²) >= 11 is 0. The van der Waals surface area contributed by atoms with E-state index in [1.807, 2.05) is 48.5 Å². The molecular formula is C55H37BF2N2Si. The van der Waals surface area contributed by atoms with E-state index in [0.717, 1.165) is 50.8 Å². The number of anilines is 6. The van der Waals surface area contributed by atoms with E-state index in [9.17, 15) is 0 Å². The molecule has 0 N–H and O–H groups in total. The Labute approximate surface area is 355 Å². The first-order valence-electron chi connectivity index (χ1n) is 20.9. The molecule has 12 rings (SSSR count). The van der Waals surface area contributed by atoms with Crippen LogP contribution in [0.2, 0.25) is 0 Å². The predicted octanol–water partition coefficient (Wildman–Crippen LogP) is 9.38. The molecule has 3 aliphatic rings. The zero-order valence-corrected chi connectivity index (χ0v) is 34.4. The molecule has 61 heavy (non-hydrogen) atoms. The van der Waals surface area contributed by atoms with Gasteiger partial charge in [0.1, 0.15) is 11.6 Å². The Morgan fingerprint density at radius 1 is 0.361 bits per heavy atom. The molecule has 3 heterocycles. The maximum atomic E-state index is 16.0. The second kappa shape index (κ2) is 13.6. The molecule has 3 aliphatic heterocycles. The van der Waals surface area contributed by atoms with Gasteiger partial charge in [-0.05, 0) is 98.2 Å². The van der Waals surface area contributed by atoms with Gasteiger partial charge in [-0.25, -0.2) is 8.78 Å².